The topological polar surface area (TPSA) is 96.6 Å². The number of nitrogens with zero attached hydrogens (tertiary/aromatic N) is 5. The van der Waals surface area contributed by atoms with E-state index < -0.39 is 49.6 Å². The molecule has 3 N–H and O–H groups in total. The average molecular weight is 371 g/mol. The van der Waals surface area contributed by atoms with Crippen LogP contribution in [0.25, 0.3) is 11.5 Å². The Morgan fingerprint density at radius 2 is 1.58 bits per heavy atom. The lowest BCUT2D eigenvalue weighted by atomic mass is 9.80. The van der Waals surface area contributed by atoms with Gasteiger partial charge in [0.2, 0.25) is 11.9 Å². The summed E-state index contributed by atoms with van der Waals surface area (Å²) in [6, 6.07) is -1.22. The van der Waals surface area contributed by atoms with Crippen LogP contribution >= 0.6 is 0 Å². The van der Waals surface area contributed by atoms with Crippen LogP contribution in [-0.4, -0.2) is 48.8 Å². The van der Waals surface area contributed by atoms with Gasteiger partial charge in [0.1, 0.15) is 11.5 Å². The molecule has 0 atom stereocenters. The van der Waals surface area contributed by atoms with Crippen molar-refractivity contribution in [1.29, 1.82) is 0 Å². The predicted molar refractivity (Wildman–Crippen MR) is 85.0 cm³/mol. The highest BCUT2D eigenvalue weighted by atomic mass is 19.3. The largest absolute Gasteiger partial charge is 0.368 e. The molecule has 2 aliphatic carbocycles. The molecule has 2 fully saturated rings. The lowest BCUT2D eigenvalue weighted by Crippen LogP contribution is -2.60. The van der Waals surface area contributed by atoms with Gasteiger partial charge in [0.05, 0.1) is 0 Å². The molecule has 2 aromatic heterocycles. The van der Waals surface area contributed by atoms with Crippen LogP contribution in [0, 0.1) is 6.92 Å². The molecule has 2 aliphatic rings. The molecule has 0 amide bonds. The number of nitrogens with two attached hydrogens (primary N) is 1. The van der Waals surface area contributed by atoms with Gasteiger partial charge in [-0.3, -0.25) is 0 Å². The van der Waals surface area contributed by atoms with E-state index in [1.54, 1.807) is 13.1 Å². The summed E-state index contributed by atoms with van der Waals surface area (Å²) < 4.78 is 53.4. The number of anilines is 2. The highest BCUT2D eigenvalue weighted by Crippen LogP contribution is 2.48. The molecule has 0 unspecified atom stereocenters. The van der Waals surface area contributed by atoms with Crippen LogP contribution in [0.15, 0.2) is 6.20 Å². The number of imidazole rings is 1. The van der Waals surface area contributed by atoms with Crippen molar-refractivity contribution in [2.45, 2.75) is 56.5 Å². The van der Waals surface area contributed by atoms with Gasteiger partial charge in [-0.15, -0.1) is 0 Å². The highest BCUT2D eigenvalue weighted by Gasteiger charge is 2.55. The van der Waals surface area contributed by atoms with Crippen molar-refractivity contribution in [3.8, 4) is 11.5 Å². The molecule has 140 valence electrons. The van der Waals surface area contributed by atoms with Crippen molar-refractivity contribution in [2.24, 2.45) is 0 Å². The van der Waals surface area contributed by atoms with Crippen LogP contribution < -0.4 is 10.6 Å². The fourth-order valence-electron chi connectivity index (χ4n) is 3.42. The molecule has 0 saturated heterocycles. The van der Waals surface area contributed by atoms with E-state index in [1.165, 1.54) is 4.90 Å². The van der Waals surface area contributed by atoms with Gasteiger partial charge in [0.15, 0.2) is 5.82 Å². The molecule has 4 rings (SSSR count). The average Bonchev–Trinajstić information content (AvgIpc) is 2.90. The zero-order chi connectivity index (χ0) is 18.7. The predicted octanol–water partition coefficient (Wildman–Crippen LogP) is 2.55. The van der Waals surface area contributed by atoms with Gasteiger partial charge in [-0.05, 0) is 6.92 Å². The van der Waals surface area contributed by atoms with Crippen molar-refractivity contribution in [3.05, 3.63) is 12.0 Å². The second-order valence-corrected chi connectivity index (χ2v) is 6.93. The van der Waals surface area contributed by atoms with Crippen molar-refractivity contribution in [1.82, 2.24) is 24.9 Å². The Hall–Kier alpha value is -2.46. The van der Waals surface area contributed by atoms with Crippen LogP contribution in [0.2, 0.25) is 0 Å². The molecule has 2 aromatic rings. The summed E-state index contributed by atoms with van der Waals surface area (Å²) >= 11 is 0. The summed E-state index contributed by atoms with van der Waals surface area (Å²) in [7, 11) is 0. The third-order valence-corrected chi connectivity index (χ3v) is 4.73. The second-order valence-electron chi connectivity index (χ2n) is 6.93. The van der Waals surface area contributed by atoms with Crippen LogP contribution in [0.4, 0.5) is 29.5 Å². The molecule has 2 heterocycles. The van der Waals surface area contributed by atoms with Crippen molar-refractivity contribution >= 4 is 11.9 Å². The quantitative estimate of drug-likeness (QED) is 0.802. The van der Waals surface area contributed by atoms with Gasteiger partial charge in [-0.2, -0.15) is 15.0 Å². The van der Waals surface area contributed by atoms with E-state index in [4.69, 9.17) is 5.73 Å². The number of aryl methyl sites for hydroxylation is 1. The maximum Gasteiger partial charge on any atom is 0.252 e. The number of nitrogen functional groups attached to an aromatic ring is 1. The lowest BCUT2D eigenvalue weighted by molar-refractivity contribution is -0.111. The first kappa shape index (κ1) is 17.0. The Morgan fingerprint density at radius 3 is 2.04 bits per heavy atom. The minimum Gasteiger partial charge on any atom is -0.368 e. The van der Waals surface area contributed by atoms with E-state index in [9.17, 15) is 17.6 Å². The third kappa shape index (κ3) is 3.06. The van der Waals surface area contributed by atoms with E-state index in [0.29, 0.717) is 11.5 Å². The van der Waals surface area contributed by atoms with E-state index >= 15 is 0 Å². The molecular formula is C15H17F4N7. The number of aromatic nitrogens is 5. The zero-order valence-corrected chi connectivity index (χ0v) is 13.9. The second kappa shape index (κ2) is 5.52. The highest BCUT2D eigenvalue weighted by molar-refractivity contribution is 5.53. The van der Waals surface area contributed by atoms with Crippen LogP contribution in [0.3, 0.4) is 0 Å². The van der Waals surface area contributed by atoms with E-state index in [-0.39, 0.29) is 17.7 Å². The number of rotatable bonds is 4. The first-order valence-electron chi connectivity index (χ1n) is 8.20. The fraction of sp³-hybridized carbons (Fsp3) is 0.600. The number of H-pyrrole nitrogens is 1. The monoisotopic (exact) mass is 371 g/mol. The van der Waals surface area contributed by atoms with Crippen LogP contribution in [0.5, 0.6) is 0 Å². The number of hydrogen-bond acceptors (Lipinski definition) is 6. The summed E-state index contributed by atoms with van der Waals surface area (Å²) in [6.45, 7) is 1.74. The molecule has 2 saturated carbocycles. The molecule has 0 radical (unpaired) electrons. The van der Waals surface area contributed by atoms with Crippen LogP contribution in [0.1, 0.15) is 31.5 Å². The number of aromatic amines is 1. The van der Waals surface area contributed by atoms with Gasteiger partial charge < -0.3 is 15.6 Å². The van der Waals surface area contributed by atoms with Gasteiger partial charge in [0, 0.05) is 44.0 Å². The molecule has 0 aromatic carbocycles. The van der Waals surface area contributed by atoms with Gasteiger partial charge in [-0.25, -0.2) is 22.5 Å². The van der Waals surface area contributed by atoms with Gasteiger partial charge >= 0.3 is 0 Å². The lowest BCUT2D eigenvalue weighted by Gasteiger charge is -2.50. The number of hydrogen-bond donors (Lipinski definition) is 2. The Labute approximate surface area is 146 Å². The van der Waals surface area contributed by atoms with Crippen molar-refractivity contribution in [2.75, 3.05) is 10.6 Å². The molecule has 26 heavy (non-hydrogen) atoms. The number of nitrogens with one attached hydrogen (secondary N) is 1. The molecule has 0 aliphatic heterocycles. The Kier molecular flexibility index (Phi) is 3.60. The molecule has 0 bridgehead atoms. The summed E-state index contributed by atoms with van der Waals surface area (Å²) in [4.78, 5) is 20.8. The number of halogens is 4. The molecule has 11 heteroatoms. The summed E-state index contributed by atoms with van der Waals surface area (Å²) in [5.74, 6) is -4.87. The smallest absolute Gasteiger partial charge is 0.252 e. The summed E-state index contributed by atoms with van der Waals surface area (Å²) in [5, 5.41) is 0. The SMILES string of the molecule is Cc1nc(-c2nc(N)nc(N(C3CC(F)(F)C3)C3CC(F)(F)C3)n2)c[nH]1. The molecule has 0 spiro atoms. The first-order valence-corrected chi connectivity index (χ1v) is 8.20. The minimum absolute atomic E-state index is 0.0363. The van der Waals surface area contributed by atoms with Crippen molar-refractivity contribution < 1.29 is 17.6 Å². The van der Waals surface area contributed by atoms with E-state index in [2.05, 4.69) is 24.9 Å². The van der Waals surface area contributed by atoms with Crippen LogP contribution in [-0.2, 0) is 0 Å². The number of alkyl halides is 4. The normalized spacial score (nSPS) is 21.9. The Bertz CT molecular complexity index is 797. The first-order chi connectivity index (χ1) is 12.1. The molecule has 7 nitrogen and oxygen atoms in total. The fourth-order valence-corrected chi connectivity index (χ4v) is 3.42. The van der Waals surface area contributed by atoms with Gasteiger partial charge in [-0.1, -0.05) is 0 Å². The molecular weight excluding hydrogens is 354 g/mol. The Balaban J connectivity index is 1.68. The summed E-state index contributed by atoms with van der Waals surface area (Å²) in [5.41, 5.74) is 6.16. The standard InChI is InChI=1S/C15H17F4N7/c1-7-21-6-10(22-7)11-23-12(20)25-13(24-11)26(8-2-14(16,17)3-8)9-4-15(18,19)5-9/h6,8-9H,2-5H2,1H3,(H,21,22)(H2,20,23,24,25). The third-order valence-electron chi connectivity index (χ3n) is 4.73. The van der Waals surface area contributed by atoms with E-state index in [1.807, 2.05) is 0 Å². The minimum atomic E-state index is -2.80. The van der Waals surface area contributed by atoms with E-state index in [0.717, 1.165) is 0 Å². The maximum atomic E-state index is 13.4. The zero-order valence-electron chi connectivity index (χ0n) is 13.9. The van der Waals surface area contributed by atoms with Gasteiger partial charge in [0.25, 0.3) is 11.8 Å². The summed E-state index contributed by atoms with van der Waals surface area (Å²) in [6.07, 6.45) is -0.1000. The Morgan fingerprint density at radius 1 is 1.00 bits per heavy atom. The van der Waals surface area contributed by atoms with Crippen molar-refractivity contribution in [3.63, 3.8) is 0 Å². The maximum absolute atomic E-state index is 13.4.